The molecule has 10 rings (SSSR count). The third-order valence-corrected chi connectivity index (χ3v) is 17.3. The van der Waals surface area contributed by atoms with Crippen LogP contribution in [0.25, 0.3) is 41.6 Å². The number of sulfonamides is 1. The Morgan fingerprint density at radius 3 is 2.00 bits per heavy atom. The highest BCUT2D eigenvalue weighted by Crippen LogP contribution is 2.46. The highest BCUT2D eigenvalue weighted by atomic mass is 32.2. The van der Waals surface area contributed by atoms with Crippen LogP contribution in [0, 0.1) is 32.6 Å². The lowest BCUT2D eigenvalue weighted by atomic mass is 9.93. The first-order valence-corrected chi connectivity index (χ1v) is 27.3. The predicted molar refractivity (Wildman–Crippen MR) is 271 cm³/mol. The van der Waals surface area contributed by atoms with Gasteiger partial charge in [-0.05, 0) is 106 Å². The van der Waals surface area contributed by atoms with Crippen molar-refractivity contribution in [2.45, 2.75) is 140 Å². The molecule has 0 saturated heterocycles. The average Bonchev–Trinajstić information content (AvgIpc) is 3.67. The normalized spacial score (nSPS) is 25.1. The van der Waals surface area contributed by atoms with Gasteiger partial charge in [0.05, 0.1) is 61.5 Å². The second-order valence-corrected chi connectivity index (χ2v) is 24.4. The van der Waals surface area contributed by atoms with Crippen LogP contribution in [0.5, 0.6) is 5.88 Å². The van der Waals surface area contributed by atoms with Gasteiger partial charge in [-0.15, -0.1) is 22.7 Å². The van der Waals surface area contributed by atoms with E-state index in [1.807, 2.05) is 59.9 Å². The van der Waals surface area contributed by atoms with E-state index in [1.54, 1.807) is 0 Å². The molecule has 8 atom stereocenters. The van der Waals surface area contributed by atoms with Gasteiger partial charge in [0.15, 0.2) is 0 Å². The van der Waals surface area contributed by atoms with Crippen molar-refractivity contribution >= 4 is 76.7 Å². The molecule has 23 heteroatoms. The number of aliphatic hydroxyl groups is 4. The van der Waals surface area contributed by atoms with Gasteiger partial charge in [-0.2, -0.15) is 9.97 Å². The topological polar surface area (TPSA) is 288 Å². The molecule has 70 heavy (non-hydrogen) atoms. The van der Waals surface area contributed by atoms with E-state index < -0.39 is 58.4 Å². The molecule has 4 aliphatic rings. The summed E-state index contributed by atoms with van der Waals surface area (Å²) < 4.78 is 37.6. The Bertz CT molecular complexity index is 3050. The minimum atomic E-state index is -3.80. The molecule has 6 aromatic rings. The number of pyridine rings is 2. The smallest absolute Gasteiger partial charge is 0.242 e. The molecule has 0 aliphatic heterocycles. The zero-order valence-corrected chi connectivity index (χ0v) is 42.6. The lowest BCUT2D eigenvalue weighted by Gasteiger charge is -2.27. The molecule has 6 heterocycles. The lowest BCUT2D eigenvalue weighted by molar-refractivity contribution is 0.00446. The van der Waals surface area contributed by atoms with E-state index in [9.17, 15) is 28.8 Å². The third kappa shape index (κ3) is 9.82. The van der Waals surface area contributed by atoms with E-state index in [0.717, 1.165) is 48.0 Å². The number of nitrogens with one attached hydrogen (secondary N) is 5. The monoisotopic (exact) mass is 1020 g/mol. The van der Waals surface area contributed by atoms with E-state index in [1.165, 1.54) is 29.7 Å². The summed E-state index contributed by atoms with van der Waals surface area (Å²) in [5, 5.41) is 59.0. The van der Waals surface area contributed by atoms with Crippen molar-refractivity contribution in [1.29, 1.82) is 0 Å². The van der Waals surface area contributed by atoms with E-state index in [2.05, 4.69) is 26.0 Å². The number of aromatic nitrogens is 8. The molecule has 4 saturated carbocycles. The van der Waals surface area contributed by atoms with Gasteiger partial charge in [0.25, 0.3) is 0 Å². The van der Waals surface area contributed by atoms with Crippen LogP contribution in [0.4, 0.5) is 23.5 Å². The Morgan fingerprint density at radius 1 is 0.757 bits per heavy atom. The fraction of sp³-hybridized carbons (Fsp3) is 0.574. The molecule has 0 bridgehead atoms. The minimum Gasteiger partial charge on any atom is -0.470 e. The van der Waals surface area contributed by atoms with Gasteiger partial charge in [0, 0.05) is 47.8 Å². The van der Waals surface area contributed by atoms with Gasteiger partial charge in [0.2, 0.25) is 27.8 Å². The highest BCUT2D eigenvalue weighted by molar-refractivity contribution is 7.89. The molecule has 0 aromatic carbocycles. The van der Waals surface area contributed by atoms with Crippen LogP contribution in [0.2, 0.25) is 0 Å². The van der Waals surface area contributed by atoms with Crippen LogP contribution in [-0.2, 0) is 10.0 Å². The van der Waals surface area contributed by atoms with E-state index in [-0.39, 0.29) is 36.2 Å². The van der Waals surface area contributed by atoms with E-state index in [4.69, 9.17) is 44.6 Å². The first-order valence-electron chi connectivity index (χ1n) is 24.0. The Morgan fingerprint density at radius 2 is 1.39 bits per heavy atom. The molecule has 0 amide bonds. The Kier molecular flexibility index (Phi) is 13.1. The van der Waals surface area contributed by atoms with Crippen LogP contribution in [-0.4, -0.2) is 136 Å². The van der Waals surface area contributed by atoms with Crippen molar-refractivity contribution in [2.24, 2.45) is 11.8 Å². The van der Waals surface area contributed by atoms with Crippen molar-refractivity contribution in [3.05, 3.63) is 41.1 Å². The molecule has 4 fully saturated rings. The van der Waals surface area contributed by atoms with Gasteiger partial charge >= 0.3 is 0 Å². The first-order chi connectivity index (χ1) is 33.3. The second-order valence-electron chi connectivity index (χ2n) is 20.3. The molecular formula is C47H61N13O7S3. The Hall–Kier alpha value is -5.01. The third-order valence-electron chi connectivity index (χ3n) is 13.7. The number of fused-ring (bicyclic) bond motifs is 2. The number of ether oxygens (including phenoxy) is 1. The molecule has 0 spiro atoms. The summed E-state index contributed by atoms with van der Waals surface area (Å²) in [5.74, 6) is 0.586. The molecule has 0 unspecified atom stereocenters. The molecular weight excluding hydrogens is 955 g/mol. The van der Waals surface area contributed by atoms with Gasteiger partial charge in [-0.25, -0.2) is 38.1 Å². The fourth-order valence-electron chi connectivity index (χ4n) is 9.78. The van der Waals surface area contributed by atoms with Crippen LogP contribution in [0.3, 0.4) is 0 Å². The van der Waals surface area contributed by atoms with Crippen LogP contribution >= 0.6 is 22.7 Å². The SMILES string of the molecule is CNS(=O)(=O)C[C@H]1C[C@@H](Nc2nc(NC3CCC3)nc(C)c2-c2nc3c(C4CC4)nccc3s2)[C@H](O)[C@@H]1Oc1nc(C)cc2sc(-c3c(C)nc(NC(C)(C)C)nc3N[C@@H]3C[C@H](CO)[C@@H](O)[C@H]3O)nc12. The summed E-state index contributed by atoms with van der Waals surface area (Å²) >= 11 is 2.89. The van der Waals surface area contributed by atoms with Crippen molar-refractivity contribution in [3.63, 3.8) is 0 Å². The molecule has 6 aromatic heterocycles. The standard InChI is InChI=1S/C47H61N13O7S3/c1-20-15-30-35(57-44(69-30)32-22(3)52-46(60-47(4,5)6)59-41(32)54-27-16-24(18-61)36(62)37(27)63)42(50-20)67-39-25(19-70(65,66)48-7)17-28(38(39)64)55-40-31(21(2)51-45(58-40)53-26-9-8-10-26)43-56-34-29(68-43)13-14-49-33(34)23-11-12-23/h13-15,23-28,36-39,48,61-64H,8-12,16-19H2,1-7H3,(H2,51,53,55,58)(H2,52,54,59,60)/t24-,25-,27-,28-,36-,37+,38+,39-/m1/s1. The van der Waals surface area contributed by atoms with Gasteiger partial charge in [-0.3, -0.25) is 4.98 Å². The van der Waals surface area contributed by atoms with Crippen molar-refractivity contribution < 1.29 is 33.6 Å². The maximum Gasteiger partial charge on any atom is 0.242 e. The Labute approximate surface area is 414 Å². The number of aryl methyl sites for hydroxylation is 3. The Balaban J connectivity index is 1.01. The summed E-state index contributed by atoms with van der Waals surface area (Å²) in [5.41, 5.74) is 5.00. The maximum atomic E-state index is 13.3. The van der Waals surface area contributed by atoms with Gasteiger partial charge in [-0.1, -0.05) is 0 Å². The van der Waals surface area contributed by atoms with E-state index >= 15 is 0 Å². The number of hydrogen-bond donors (Lipinski definition) is 9. The molecule has 374 valence electrons. The van der Waals surface area contributed by atoms with E-state index in [0.29, 0.717) is 84.3 Å². The van der Waals surface area contributed by atoms with Gasteiger partial charge in [0.1, 0.15) is 51.0 Å². The number of rotatable bonds is 16. The number of nitrogens with zero attached hydrogens (tertiary/aromatic N) is 8. The molecule has 20 nitrogen and oxygen atoms in total. The number of hydrogen-bond acceptors (Lipinski definition) is 21. The fourth-order valence-corrected chi connectivity index (χ4v) is 13.1. The summed E-state index contributed by atoms with van der Waals surface area (Å²) in [6.07, 6.45) is 3.05. The highest BCUT2D eigenvalue weighted by Gasteiger charge is 2.47. The zero-order chi connectivity index (χ0) is 49.4. The molecule has 4 aliphatic carbocycles. The lowest BCUT2D eigenvalue weighted by Crippen LogP contribution is -2.41. The van der Waals surface area contributed by atoms with Crippen LogP contribution in [0.1, 0.15) is 94.4 Å². The van der Waals surface area contributed by atoms with Crippen LogP contribution in [0.15, 0.2) is 18.3 Å². The quantitative estimate of drug-likeness (QED) is 0.0598. The summed E-state index contributed by atoms with van der Waals surface area (Å²) in [7, 11) is -2.43. The predicted octanol–water partition coefficient (Wildman–Crippen LogP) is 5.26. The number of thiazole rings is 2. The zero-order valence-electron chi connectivity index (χ0n) is 40.2. The first kappa shape index (κ1) is 48.6. The average molecular weight is 1020 g/mol. The number of anilines is 4. The summed E-state index contributed by atoms with van der Waals surface area (Å²) in [6.45, 7) is 11.3. The van der Waals surface area contributed by atoms with Crippen molar-refractivity contribution in [1.82, 2.24) is 44.6 Å². The molecule has 9 N–H and O–H groups in total. The largest absolute Gasteiger partial charge is 0.470 e. The molecule has 0 radical (unpaired) electrons. The minimum absolute atomic E-state index is 0.119. The van der Waals surface area contributed by atoms with Crippen LogP contribution < -0.4 is 30.7 Å². The summed E-state index contributed by atoms with van der Waals surface area (Å²) in [6, 6.07) is 2.75. The van der Waals surface area contributed by atoms with Gasteiger partial charge < -0.3 is 46.4 Å². The second kappa shape index (κ2) is 18.9. The summed E-state index contributed by atoms with van der Waals surface area (Å²) in [4.78, 5) is 39.3. The van der Waals surface area contributed by atoms with Crippen molar-refractivity contribution in [2.75, 3.05) is 40.7 Å². The maximum absolute atomic E-state index is 13.3. The van der Waals surface area contributed by atoms with Crippen molar-refractivity contribution in [3.8, 4) is 27.0 Å². The number of aliphatic hydroxyl groups excluding tert-OH is 4.